The highest BCUT2D eigenvalue weighted by Gasteiger charge is 2.18. The average Bonchev–Trinajstić information content (AvgIpc) is 2.63. The lowest BCUT2D eigenvalue weighted by atomic mass is 10.1. The molecule has 0 fully saturated rings. The highest BCUT2D eigenvalue weighted by atomic mass is 79.9. The van der Waals surface area contributed by atoms with Gasteiger partial charge in [0.05, 0.1) is 5.39 Å². The van der Waals surface area contributed by atoms with E-state index in [1.165, 1.54) is 4.68 Å². The molecule has 0 aliphatic carbocycles. The molecule has 25 heavy (non-hydrogen) atoms. The van der Waals surface area contributed by atoms with Crippen molar-refractivity contribution in [1.29, 1.82) is 0 Å². The van der Waals surface area contributed by atoms with Crippen LogP contribution in [0.25, 0.3) is 10.8 Å². The molecule has 0 aliphatic heterocycles. The highest BCUT2D eigenvalue weighted by Crippen LogP contribution is 2.19. The number of rotatable bonds is 5. The Morgan fingerprint density at radius 2 is 1.80 bits per heavy atom. The van der Waals surface area contributed by atoms with Gasteiger partial charge in [0.25, 0.3) is 5.56 Å². The van der Waals surface area contributed by atoms with Crippen LogP contribution in [0.5, 0.6) is 5.75 Å². The lowest BCUT2D eigenvalue weighted by Crippen LogP contribution is -2.27. The minimum absolute atomic E-state index is 0.147. The van der Waals surface area contributed by atoms with E-state index >= 15 is 0 Å². The quantitative estimate of drug-likeness (QED) is 0.476. The van der Waals surface area contributed by atoms with E-state index in [1.807, 2.05) is 6.92 Å². The van der Waals surface area contributed by atoms with E-state index in [9.17, 15) is 9.59 Å². The topological polar surface area (TPSA) is 61.2 Å². The first-order valence-corrected chi connectivity index (χ1v) is 8.87. The number of carbonyl (C=O) groups excluding carboxylic acids is 1. The van der Waals surface area contributed by atoms with Crippen LogP contribution in [0.2, 0.25) is 0 Å². The monoisotopic (exact) mass is 400 g/mol. The van der Waals surface area contributed by atoms with Gasteiger partial charge in [0.1, 0.15) is 5.75 Å². The summed E-state index contributed by atoms with van der Waals surface area (Å²) in [7, 11) is 0. The third-order valence-corrected chi connectivity index (χ3v) is 4.34. The largest absolute Gasteiger partial charge is 0.422 e. The Morgan fingerprint density at radius 1 is 1.12 bits per heavy atom. The summed E-state index contributed by atoms with van der Waals surface area (Å²) in [6.07, 6.45) is 1.74. The van der Waals surface area contributed by atoms with Gasteiger partial charge in [0.15, 0.2) is 5.69 Å². The molecule has 0 unspecified atom stereocenters. The van der Waals surface area contributed by atoms with Gasteiger partial charge in [-0.1, -0.05) is 47.5 Å². The van der Waals surface area contributed by atoms with Crippen molar-refractivity contribution in [3.8, 4) is 5.75 Å². The first kappa shape index (κ1) is 17.4. The molecule has 6 heteroatoms. The molecule has 0 bridgehead atoms. The van der Waals surface area contributed by atoms with Gasteiger partial charge in [0, 0.05) is 16.4 Å². The fraction of sp³-hybridized carbons (Fsp3) is 0.211. The molecule has 3 aromatic rings. The molecule has 0 saturated carbocycles. The zero-order valence-electron chi connectivity index (χ0n) is 13.7. The van der Waals surface area contributed by atoms with Crippen LogP contribution in [0.15, 0.2) is 57.8 Å². The van der Waals surface area contributed by atoms with Gasteiger partial charge in [-0.05, 0) is 36.8 Å². The number of nitrogens with zero attached hydrogens (tertiary/aromatic N) is 2. The van der Waals surface area contributed by atoms with E-state index in [1.54, 1.807) is 48.5 Å². The Bertz CT molecular complexity index is 965. The number of carbonyl (C=O) groups is 1. The maximum Gasteiger partial charge on any atom is 0.364 e. The normalized spacial score (nSPS) is 10.8. The molecule has 0 spiro atoms. The molecule has 128 valence electrons. The van der Waals surface area contributed by atoms with Crippen LogP contribution in [-0.4, -0.2) is 15.7 Å². The fourth-order valence-electron chi connectivity index (χ4n) is 2.50. The van der Waals surface area contributed by atoms with Gasteiger partial charge < -0.3 is 4.74 Å². The molecular weight excluding hydrogens is 384 g/mol. The number of esters is 1. The Kier molecular flexibility index (Phi) is 5.28. The zero-order chi connectivity index (χ0) is 17.8. The van der Waals surface area contributed by atoms with Crippen molar-refractivity contribution in [2.75, 3.05) is 0 Å². The van der Waals surface area contributed by atoms with E-state index < -0.39 is 5.97 Å². The molecule has 0 saturated heterocycles. The summed E-state index contributed by atoms with van der Waals surface area (Å²) in [6.45, 7) is 2.51. The minimum atomic E-state index is -0.580. The van der Waals surface area contributed by atoms with Crippen LogP contribution in [0.4, 0.5) is 0 Å². The summed E-state index contributed by atoms with van der Waals surface area (Å²) >= 11 is 3.34. The second-order valence-corrected chi connectivity index (χ2v) is 6.54. The fourth-order valence-corrected chi connectivity index (χ4v) is 2.77. The van der Waals surface area contributed by atoms with Crippen LogP contribution >= 0.6 is 15.9 Å². The molecule has 0 N–H and O–H groups in total. The first-order chi connectivity index (χ1) is 12.1. The van der Waals surface area contributed by atoms with Crippen molar-refractivity contribution >= 4 is 32.7 Å². The van der Waals surface area contributed by atoms with Gasteiger partial charge in [-0.2, -0.15) is 5.10 Å². The number of unbranched alkanes of at least 4 members (excludes halogenated alkanes) is 1. The maximum atomic E-state index is 12.6. The molecule has 5 nitrogen and oxygen atoms in total. The van der Waals surface area contributed by atoms with Crippen LogP contribution in [0.1, 0.15) is 30.3 Å². The third kappa shape index (κ3) is 3.79. The van der Waals surface area contributed by atoms with E-state index in [0.717, 1.165) is 17.3 Å². The Balaban J connectivity index is 2.04. The molecule has 3 rings (SSSR count). The number of hydrogen-bond acceptors (Lipinski definition) is 4. The summed E-state index contributed by atoms with van der Waals surface area (Å²) in [5.41, 5.74) is -0.0431. The maximum absolute atomic E-state index is 12.6. The average molecular weight is 401 g/mol. The van der Waals surface area contributed by atoms with Gasteiger partial charge in [-0.25, -0.2) is 9.48 Å². The number of aromatic nitrogens is 2. The van der Waals surface area contributed by atoms with Crippen molar-refractivity contribution in [2.45, 2.75) is 26.3 Å². The predicted molar refractivity (Wildman–Crippen MR) is 100 cm³/mol. The van der Waals surface area contributed by atoms with Crippen LogP contribution < -0.4 is 10.3 Å². The van der Waals surface area contributed by atoms with Crippen LogP contribution in [-0.2, 0) is 6.54 Å². The SMILES string of the molecule is CCCCn1nc(C(=O)Oc2ccc(Br)cc2)c2ccccc2c1=O. The standard InChI is InChI=1S/C19H17BrN2O3/c1-2-3-12-22-18(23)16-7-5-4-6-15(16)17(21-22)19(24)25-14-10-8-13(20)9-11-14/h4-11H,2-3,12H2,1H3. The van der Waals surface area contributed by atoms with Gasteiger partial charge in [-0.3, -0.25) is 4.79 Å². The Labute approximate surface area is 153 Å². The summed E-state index contributed by atoms with van der Waals surface area (Å²) < 4.78 is 7.67. The summed E-state index contributed by atoms with van der Waals surface area (Å²) in [5, 5.41) is 5.24. The third-order valence-electron chi connectivity index (χ3n) is 3.81. The molecule has 0 radical (unpaired) electrons. The lowest BCUT2D eigenvalue weighted by molar-refractivity contribution is 0.0728. The Hall–Kier alpha value is -2.47. The number of benzene rings is 2. The second-order valence-electron chi connectivity index (χ2n) is 5.62. The predicted octanol–water partition coefficient (Wildman–Crippen LogP) is 4.18. The van der Waals surface area contributed by atoms with Gasteiger partial charge >= 0.3 is 5.97 Å². The van der Waals surface area contributed by atoms with Crippen molar-refractivity contribution in [3.05, 3.63) is 69.1 Å². The molecule has 0 amide bonds. The summed E-state index contributed by atoms with van der Waals surface area (Å²) in [4.78, 5) is 25.2. The number of aryl methyl sites for hydroxylation is 1. The van der Waals surface area contributed by atoms with E-state index in [4.69, 9.17) is 4.74 Å². The molecule has 1 heterocycles. The molecule has 1 aromatic heterocycles. The van der Waals surface area contributed by atoms with Crippen molar-refractivity contribution in [1.82, 2.24) is 9.78 Å². The highest BCUT2D eigenvalue weighted by molar-refractivity contribution is 9.10. The Morgan fingerprint density at radius 3 is 2.48 bits per heavy atom. The zero-order valence-corrected chi connectivity index (χ0v) is 15.3. The van der Waals surface area contributed by atoms with Crippen molar-refractivity contribution < 1.29 is 9.53 Å². The molecule has 0 aliphatic rings. The number of halogens is 1. The van der Waals surface area contributed by atoms with E-state index in [-0.39, 0.29) is 11.3 Å². The van der Waals surface area contributed by atoms with E-state index in [0.29, 0.717) is 23.1 Å². The van der Waals surface area contributed by atoms with Crippen LogP contribution in [0.3, 0.4) is 0 Å². The van der Waals surface area contributed by atoms with Gasteiger partial charge in [-0.15, -0.1) is 0 Å². The minimum Gasteiger partial charge on any atom is -0.422 e. The number of ether oxygens (including phenoxy) is 1. The van der Waals surface area contributed by atoms with Crippen molar-refractivity contribution in [3.63, 3.8) is 0 Å². The summed E-state index contributed by atoms with van der Waals surface area (Å²) in [5.74, 6) is -0.158. The molecule has 0 atom stereocenters. The first-order valence-electron chi connectivity index (χ1n) is 8.07. The van der Waals surface area contributed by atoms with Crippen LogP contribution in [0, 0.1) is 0 Å². The number of fused-ring (bicyclic) bond motifs is 1. The molecular formula is C19H17BrN2O3. The summed E-state index contributed by atoms with van der Waals surface area (Å²) in [6, 6.07) is 13.9. The second kappa shape index (κ2) is 7.61. The smallest absolute Gasteiger partial charge is 0.364 e. The van der Waals surface area contributed by atoms with Gasteiger partial charge in [0.2, 0.25) is 0 Å². The van der Waals surface area contributed by atoms with Crippen molar-refractivity contribution in [2.24, 2.45) is 0 Å². The number of hydrogen-bond donors (Lipinski definition) is 0. The lowest BCUT2D eigenvalue weighted by Gasteiger charge is -2.10. The molecule has 2 aromatic carbocycles. The van der Waals surface area contributed by atoms with E-state index in [2.05, 4.69) is 21.0 Å².